The molecule has 0 aliphatic carbocycles. The zero-order chi connectivity index (χ0) is 19.7. The van der Waals surface area contributed by atoms with Gasteiger partial charge in [-0.1, -0.05) is 35.5 Å². The van der Waals surface area contributed by atoms with Gasteiger partial charge in [0.2, 0.25) is 0 Å². The van der Waals surface area contributed by atoms with Crippen molar-refractivity contribution in [3.05, 3.63) is 65.3 Å². The van der Waals surface area contributed by atoms with Gasteiger partial charge in [-0.25, -0.2) is 4.79 Å². The standard InChI is InChI=1S/C20H23N5O3/c1-13-17(14(2)28-23-13)12-24-11-16(10-21-24)25-19(26)18(22-20(25)27)9-8-15-6-4-3-5-7-15/h3-7,10-11,18-19,26H,8-9,12H2,1-2H3,(H,22,27). The lowest BCUT2D eigenvalue weighted by Gasteiger charge is -2.20. The van der Waals surface area contributed by atoms with Gasteiger partial charge < -0.3 is 14.9 Å². The van der Waals surface area contributed by atoms with E-state index in [1.54, 1.807) is 17.1 Å². The number of hydrogen-bond donors (Lipinski definition) is 2. The zero-order valence-corrected chi connectivity index (χ0v) is 15.9. The fourth-order valence-corrected chi connectivity index (χ4v) is 3.51. The highest BCUT2D eigenvalue weighted by Crippen LogP contribution is 2.24. The van der Waals surface area contributed by atoms with Crippen LogP contribution in [0.1, 0.15) is 29.0 Å². The third-order valence-corrected chi connectivity index (χ3v) is 5.14. The molecular weight excluding hydrogens is 358 g/mol. The van der Waals surface area contributed by atoms with E-state index < -0.39 is 6.23 Å². The number of aryl methyl sites for hydroxylation is 3. The van der Waals surface area contributed by atoms with E-state index in [1.807, 2.05) is 44.2 Å². The number of rotatable bonds is 6. The first-order chi connectivity index (χ1) is 13.5. The van der Waals surface area contributed by atoms with Crippen molar-refractivity contribution in [2.24, 2.45) is 0 Å². The van der Waals surface area contributed by atoms with Crippen molar-refractivity contribution in [3.63, 3.8) is 0 Å². The van der Waals surface area contributed by atoms with Crippen LogP contribution < -0.4 is 10.2 Å². The number of carbonyl (C=O) groups is 1. The SMILES string of the molecule is Cc1noc(C)c1Cn1cc(N2C(=O)NC(CCc3ccccc3)C2O)cn1. The lowest BCUT2D eigenvalue weighted by atomic mass is 10.0. The predicted octanol–water partition coefficient (Wildman–Crippen LogP) is 2.39. The minimum absolute atomic E-state index is 0.317. The van der Waals surface area contributed by atoms with Crippen LogP contribution in [0.15, 0.2) is 47.2 Å². The summed E-state index contributed by atoms with van der Waals surface area (Å²) in [6.45, 7) is 4.23. The number of urea groups is 1. The van der Waals surface area contributed by atoms with E-state index in [1.165, 1.54) is 10.5 Å². The molecule has 28 heavy (non-hydrogen) atoms. The van der Waals surface area contributed by atoms with Crippen molar-refractivity contribution in [3.8, 4) is 0 Å². The van der Waals surface area contributed by atoms with E-state index in [0.717, 1.165) is 23.4 Å². The van der Waals surface area contributed by atoms with Crippen molar-refractivity contribution < 1.29 is 14.4 Å². The Balaban J connectivity index is 1.44. The monoisotopic (exact) mass is 381 g/mol. The maximum atomic E-state index is 12.4. The maximum absolute atomic E-state index is 12.4. The van der Waals surface area contributed by atoms with Gasteiger partial charge in [-0.15, -0.1) is 0 Å². The summed E-state index contributed by atoms with van der Waals surface area (Å²) < 4.78 is 6.89. The summed E-state index contributed by atoms with van der Waals surface area (Å²) in [6.07, 6.45) is 3.82. The Morgan fingerprint density at radius 1 is 1.25 bits per heavy atom. The Kier molecular flexibility index (Phi) is 4.87. The van der Waals surface area contributed by atoms with Crippen molar-refractivity contribution in [1.29, 1.82) is 0 Å². The molecule has 0 bridgehead atoms. The van der Waals surface area contributed by atoms with Gasteiger partial charge in [0, 0.05) is 11.8 Å². The summed E-state index contributed by atoms with van der Waals surface area (Å²) in [5, 5.41) is 21.8. The highest BCUT2D eigenvalue weighted by atomic mass is 16.5. The Bertz CT molecular complexity index is 946. The van der Waals surface area contributed by atoms with Gasteiger partial charge in [0.1, 0.15) is 5.76 Å². The van der Waals surface area contributed by atoms with Crippen LogP contribution in [-0.4, -0.2) is 38.3 Å². The first-order valence-corrected chi connectivity index (χ1v) is 9.29. The van der Waals surface area contributed by atoms with Gasteiger partial charge in [-0.05, 0) is 32.3 Å². The van der Waals surface area contributed by atoms with Crippen LogP contribution in [0.25, 0.3) is 0 Å². The van der Waals surface area contributed by atoms with Gasteiger partial charge in [0.15, 0.2) is 6.23 Å². The molecule has 2 aromatic heterocycles. The average molecular weight is 381 g/mol. The number of anilines is 1. The van der Waals surface area contributed by atoms with Crippen LogP contribution in [0.2, 0.25) is 0 Å². The minimum atomic E-state index is -0.937. The lowest BCUT2D eigenvalue weighted by molar-refractivity contribution is 0.157. The molecule has 0 spiro atoms. The third kappa shape index (κ3) is 3.50. The number of amides is 2. The average Bonchev–Trinajstić information content (AvgIpc) is 3.35. The van der Waals surface area contributed by atoms with Crippen LogP contribution in [-0.2, 0) is 13.0 Å². The molecule has 3 heterocycles. The first-order valence-electron chi connectivity index (χ1n) is 9.29. The Morgan fingerprint density at radius 3 is 2.75 bits per heavy atom. The molecule has 1 aromatic carbocycles. The molecule has 1 aliphatic rings. The lowest BCUT2D eigenvalue weighted by Crippen LogP contribution is -2.36. The van der Waals surface area contributed by atoms with Gasteiger partial charge in [-0.2, -0.15) is 5.10 Å². The summed E-state index contributed by atoms with van der Waals surface area (Å²) in [5.41, 5.74) is 3.50. The van der Waals surface area contributed by atoms with Crippen molar-refractivity contribution in [1.82, 2.24) is 20.3 Å². The van der Waals surface area contributed by atoms with Crippen LogP contribution in [0, 0.1) is 13.8 Å². The second-order valence-corrected chi connectivity index (χ2v) is 7.06. The number of aliphatic hydroxyl groups excluding tert-OH is 1. The highest BCUT2D eigenvalue weighted by molar-refractivity contribution is 5.94. The first kappa shape index (κ1) is 18.2. The second-order valence-electron chi connectivity index (χ2n) is 7.06. The highest BCUT2D eigenvalue weighted by Gasteiger charge is 2.39. The summed E-state index contributed by atoms with van der Waals surface area (Å²) in [4.78, 5) is 13.8. The number of nitrogens with zero attached hydrogens (tertiary/aromatic N) is 4. The summed E-state index contributed by atoms with van der Waals surface area (Å²) in [6, 6.07) is 9.37. The van der Waals surface area contributed by atoms with E-state index >= 15 is 0 Å². The van der Waals surface area contributed by atoms with Crippen molar-refractivity contribution in [2.45, 2.75) is 45.5 Å². The van der Waals surface area contributed by atoms with Gasteiger partial charge in [0.05, 0.1) is 30.2 Å². The summed E-state index contributed by atoms with van der Waals surface area (Å²) in [7, 11) is 0. The number of carbonyl (C=O) groups excluding carboxylic acids is 1. The molecule has 1 aliphatic heterocycles. The van der Waals surface area contributed by atoms with Crippen LogP contribution in [0.3, 0.4) is 0 Å². The van der Waals surface area contributed by atoms with E-state index in [0.29, 0.717) is 18.7 Å². The Labute approximate surface area is 162 Å². The smallest absolute Gasteiger partial charge is 0.324 e. The molecule has 0 saturated carbocycles. The maximum Gasteiger partial charge on any atom is 0.324 e. The van der Waals surface area contributed by atoms with Gasteiger partial charge in [-0.3, -0.25) is 9.58 Å². The van der Waals surface area contributed by atoms with Crippen LogP contribution >= 0.6 is 0 Å². The van der Waals surface area contributed by atoms with E-state index in [4.69, 9.17) is 4.52 Å². The van der Waals surface area contributed by atoms with Gasteiger partial charge in [0.25, 0.3) is 0 Å². The Morgan fingerprint density at radius 2 is 2.04 bits per heavy atom. The second kappa shape index (κ2) is 7.47. The molecule has 1 saturated heterocycles. The predicted molar refractivity (Wildman–Crippen MR) is 103 cm³/mol. The number of aliphatic hydroxyl groups is 1. The largest absolute Gasteiger partial charge is 0.371 e. The normalized spacial score (nSPS) is 19.2. The number of nitrogens with one attached hydrogen (secondary N) is 1. The van der Waals surface area contributed by atoms with Crippen molar-refractivity contribution >= 4 is 11.7 Å². The molecule has 4 rings (SSSR count). The van der Waals surface area contributed by atoms with Crippen molar-refractivity contribution in [2.75, 3.05) is 4.90 Å². The molecule has 8 nitrogen and oxygen atoms in total. The molecule has 2 atom stereocenters. The van der Waals surface area contributed by atoms with E-state index in [2.05, 4.69) is 15.6 Å². The number of hydrogen-bond acceptors (Lipinski definition) is 5. The summed E-state index contributed by atoms with van der Waals surface area (Å²) in [5.74, 6) is 0.745. The fourth-order valence-electron chi connectivity index (χ4n) is 3.51. The molecule has 8 heteroatoms. The topological polar surface area (TPSA) is 96.4 Å². The molecule has 0 radical (unpaired) electrons. The van der Waals surface area contributed by atoms with Crippen LogP contribution in [0.5, 0.6) is 0 Å². The molecule has 146 valence electrons. The number of aromatic nitrogens is 3. The molecule has 2 N–H and O–H groups in total. The zero-order valence-electron chi connectivity index (χ0n) is 15.9. The third-order valence-electron chi connectivity index (χ3n) is 5.14. The fraction of sp³-hybridized carbons (Fsp3) is 0.350. The molecule has 2 unspecified atom stereocenters. The number of benzene rings is 1. The van der Waals surface area contributed by atoms with Crippen LogP contribution in [0.4, 0.5) is 10.5 Å². The molecule has 1 fully saturated rings. The molecule has 3 aromatic rings. The van der Waals surface area contributed by atoms with E-state index in [-0.39, 0.29) is 12.1 Å². The molecule has 2 amide bonds. The summed E-state index contributed by atoms with van der Waals surface area (Å²) >= 11 is 0. The van der Waals surface area contributed by atoms with Gasteiger partial charge >= 0.3 is 6.03 Å². The quantitative estimate of drug-likeness (QED) is 0.683. The minimum Gasteiger partial charge on any atom is -0.371 e. The molecular formula is C20H23N5O3. The Hall–Kier alpha value is -3.13. The van der Waals surface area contributed by atoms with E-state index in [9.17, 15) is 9.90 Å².